The van der Waals surface area contributed by atoms with Gasteiger partial charge in [0.1, 0.15) is 36.6 Å². The lowest BCUT2D eigenvalue weighted by Gasteiger charge is -2.37. The molecule has 2 aromatic heterocycles. The highest BCUT2D eigenvalue weighted by Crippen LogP contribution is 2.41. The number of nitrogens with zero attached hydrogens (tertiary/aromatic N) is 7. The van der Waals surface area contributed by atoms with Gasteiger partial charge in [0.2, 0.25) is 11.9 Å². The molecule has 3 aromatic carbocycles. The number of ether oxygens (including phenoxy) is 2. The van der Waals surface area contributed by atoms with Crippen LogP contribution in [0.1, 0.15) is 12.0 Å². The summed E-state index contributed by atoms with van der Waals surface area (Å²) >= 11 is 3.56. The summed E-state index contributed by atoms with van der Waals surface area (Å²) in [4.78, 5) is 48.0. The molecular weight excluding hydrogens is 787 g/mol. The van der Waals surface area contributed by atoms with Crippen LogP contribution in [-0.4, -0.2) is 103 Å². The van der Waals surface area contributed by atoms with Crippen molar-refractivity contribution >= 4 is 85.9 Å². The highest BCUT2D eigenvalue weighted by atomic mass is 79.9. The van der Waals surface area contributed by atoms with Crippen LogP contribution in [0.2, 0.25) is 0 Å². The Labute approximate surface area is 327 Å². The van der Waals surface area contributed by atoms with E-state index in [9.17, 15) is 14.2 Å². The second-order valence-electron chi connectivity index (χ2n) is 13.6. The van der Waals surface area contributed by atoms with Crippen molar-refractivity contribution in [3.05, 3.63) is 77.2 Å². The first-order valence-corrected chi connectivity index (χ1v) is 21.2. The van der Waals surface area contributed by atoms with Crippen molar-refractivity contribution in [2.24, 2.45) is 0 Å². The lowest BCUT2D eigenvalue weighted by molar-refractivity contribution is -0.120. The van der Waals surface area contributed by atoms with Gasteiger partial charge in [-0.25, -0.2) is 9.78 Å². The van der Waals surface area contributed by atoms with Crippen molar-refractivity contribution in [2.45, 2.75) is 13.3 Å². The maximum atomic E-state index is 13.4. The predicted molar refractivity (Wildman–Crippen MR) is 219 cm³/mol. The number of amides is 3. The standard InChI is InChI=1S/C38H42BrN10O5P/c1-24-21-30(44-37-42-23-27(39)36(46-37)43-29-10-9-28-34(41-13-12-40-28)35(29)55(3,4)52)32(53-2)22-31(24)48-17-15-47(16-18-48)19-20-54-26-7-5-25(6-8-26)49-14-11-33(50)45-38(49)51/h5-10,12-13,21-23H,11,14-20H2,1-4H3,(H,45,50,51)(H2,42,43,44,46). The van der Waals surface area contributed by atoms with Crippen molar-refractivity contribution in [3.63, 3.8) is 0 Å². The number of aryl methyl sites for hydroxylation is 1. The van der Waals surface area contributed by atoms with Crippen LogP contribution in [0.5, 0.6) is 11.5 Å². The van der Waals surface area contributed by atoms with E-state index < -0.39 is 13.2 Å². The molecule has 0 radical (unpaired) electrons. The molecule has 2 aliphatic rings. The molecular formula is C38H42BrN10O5P. The number of rotatable bonds is 12. The molecule has 286 valence electrons. The average molecular weight is 830 g/mol. The third-order valence-electron chi connectivity index (χ3n) is 9.51. The number of nitrogens with one attached hydrogen (secondary N) is 3. The first kappa shape index (κ1) is 38.0. The van der Waals surface area contributed by atoms with Crippen molar-refractivity contribution in [3.8, 4) is 11.5 Å². The van der Waals surface area contributed by atoms with Gasteiger partial charge in [-0.3, -0.25) is 29.9 Å². The lowest BCUT2D eigenvalue weighted by Crippen LogP contribution is -2.49. The van der Waals surface area contributed by atoms with E-state index in [4.69, 9.17) is 14.5 Å². The lowest BCUT2D eigenvalue weighted by atomic mass is 10.1. The number of anilines is 6. The zero-order valence-electron chi connectivity index (χ0n) is 31.0. The number of hydrogen-bond donors (Lipinski definition) is 3. The Morgan fingerprint density at radius 2 is 1.69 bits per heavy atom. The van der Waals surface area contributed by atoms with Crippen LogP contribution in [0, 0.1) is 6.92 Å². The van der Waals surface area contributed by atoms with E-state index in [-0.39, 0.29) is 12.3 Å². The number of hydrogen-bond acceptors (Lipinski definition) is 13. The van der Waals surface area contributed by atoms with Crippen LogP contribution in [0.3, 0.4) is 0 Å². The van der Waals surface area contributed by atoms with E-state index in [1.165, 1.54) is 0 Å². The third-order valence-corrected chi connectivity index (χ3v) is 11.6. The summed E-state index contributed by atoms with van der Waals surface area (Å²) < 4.78 is 25.9. The fraction of sp³-hybridized carbons (Fsp3) is 0.316. The highest BCUT2D eigenvalue weighted by Gasteiger charge is 2.25. The number of methoxy groups -OCH3 is 1. The second kappa shape index (κ2) is 16.2. The van der Waals surface area contributed by atoms with E-state index in [1.54, 1.807) is 43.9 Å². The predicted octanol–water partition coefficient (Wildman–Crippen LogP) is 5.88. The first-order valence-electron chi connectivity index (χ1n) is 17.8. The Kier molecular flexibility index (Phi) is 11.2. The maximum absolute atomic E-state index is 13.4. The maximum Gasteiger partial charge on any atom is 0.328 e. The number of fused-ring (bicyclic) bond motifs is 1. The number of carbonyl (C=O) groups excluding carboxylic acids is 2. The number of halogens is 1. The number of urea groups is 1. The molecule has 4 heterocycles. The number of benzene rings is 3. The van der Waals surface area contributed by atoms with Crippen LogP contribution in [0.25, 0.3) is 11.0 Å². The first-order chi connectivity index (χ1) is 26.5. The minimum atomic E-state index is -2.77. The second-order valence-corrected chi connectivity index (χ2v) is 17.6. The molecule has 2 fully saturated rings. The summed E-state index contributed by atoms with van der Waals surface area (Å²) in [5.41, 5.74) is 5.52. The molecule has 0 aliphatic carbocycles. The molecule has 0 saturated carbocycles. The molecule has 2 aliphatic heterocycles. The molecule has 15 nitrogen and oxygen atoms in total. The van der Waals surface area contributed by atoms with Gasteiger partial charge in [-0.05, 0) is 84.2 Å². The normalized spacial score (nSPS) is 15.2. The molecule has 2 saturated heterocycles. The topological polar surface area (TPSA) is 167 Å². The molecule has 0 bridgehead atoms. The molecule has 3 N–H and O–H groups in total. The highest BCUT2D eigenvalue weighted by molar-refractivity contribution is 9.10. The zero-order chi connectivity index (χ0) is 38.7. The van der Waals surface area contributed by atoms with Gasteiger partial charge in [-0.1, -0.05) is 0 Å². The van der Waals surface area contributed by atoms with Crippen LogP contribution in [0.15, 0.2) is 71.6 Å². The summed E-state index contributed by atoms with van der Waals surface area (Å²) in [6, 6.07) is 14.7. The largest absolute Gasteiger partial charge is 0.494 e. The molecule has 0 spiro atoms. The Morgan fingerprint density at radius 3 is 2.42 bits per heavy atom. The minimum absolute atomic E-state index is 0.253. The van der Waals surface area contributed by atoms with Gasteiger partial charge < -0.3 is 29.6 Å². The fourth-order valence-electron chi connectivity index (χ4n) is 6.75. The number of imide groups is 1. The molecule has 7 rings (SSSR count). The van der Waals surface area contributed by atoms with Gasteiger partial charge in [0.05, 0.1) is 33.8 Å². The summed E-state index contributed by atoms with van der Waals surface area (Å²) in [6.45, 7) is 10.7. The number of piperazine rings is 1. The van der Waals surface area contributed by atoms with Crippen molar-refractivity contribution < 1.29 is 23.6 Å². The van der Waals surface area contributed by atoms with Crippen molar-refractivity contribution in [1.29, 1.82) is 0 Å². The van der Waals surface area contributed by atoms with Gasteiger partial charge >= 0.3 is 6.03 Å². The van der Waals surface area contributed by atoms with E-state index >= 15 is 0 Å². The molecule has 0 unspecified atom stereocenters. The minimum Gasteiger partial charge on any atom is -0.494 e. The molecule has 0 atom stereocenters. The summed E-state index contributed by atoms with van der Waals surface area (Å²) in [6.07, 6.45) is 5.16. The van der Waals surface area contributed by atoms with Gasteiger partial charge in [0, 0.05) is 81.7 Å². The summed E-state index contributed by atoms with van der Waals surface area (Å²) in [5.74, 6) is 1.98. The van der Waals surface area contributed by atoms with Gasteiger partial charge in [0.15, 0.2) is 0 Å². The summed E-state index contributed by atoms with van der Waals surface area (Å²) in [5, 5.41) is 9.63. The quantitative estimate of drug-likeness (QED) is 0.128. The van der Waals surface area contributed by atoms with E-state index in [2.05, 4.69) is 63.6 Å². The monoisotopic (exact) mass is 828 g/mol. The third kappa shape index (κ3) is 8.66. The van der Waals surface area contributed by atoms with Crippen LogP contribution in [-0.2, 0) is 9.36 Å². The molecule has 5 aromatic rings. The number of aromatic nitrogens is 4. The Bertz CT molecular complexity index is 2280. The van der Waals surface area contributed by atoms with Crippen LogP contribution in [0.4, 0.5) is 39.3 Å². The van der Waals surface area contributed by atoms with Crippen molar-refractivity contribution in [1.82, 2.24) is 30.2 Å². The fourth-order valence-corrected chi connectivity index (χ4v) is 8.44. The van der Waals surface area contributed by atoms with E-state index in [0.29, 0.717) is 57.2 Å². The smallest absolute Gasteiger partial charge is 0.328 e. The van der Waals surface area contributed by atoms with Gasteiger partial charge in [0.25, 0.3) is 0 Å². The van der Waals surface area contributed by atoms with Gasteiger partial charge in [-0.2, -0.15) is 4.98 Å². The van der Waals surface area contributed by atoms with E-state index in [0.717, 1.165) is 61.1 Å². The van der Waals surface area contributed by atoms with Crippen LogP contribution >= 0.6 is 23.1 Å². The Morgan fingerprint density at radius 1 is 0.927 bits per heavy atom. The molecule has 17 heteroatoms. The van der Waals surface area contributed by atoms with E-state index in [1.807, 2.05) is 48.5 Å². The molecule has 3 amide bonds. The van der Waals surface area contributed by atoms with Gasteiger partial charge in [-0.15, -0.1) is 0 Å². The average Bonchev–Trinajstić information content (AvgIpc) is 3.16. The van der Waals surface area contributed by atoms with Crippen molar-refractivity contribution in [2.75, 3.05) is 86.7 Å². The molecule has 55 heavy (non-hydrogen) atoms. The SMILES string of the molecule is COc1cc(N2CCN(CCOc3ccc(N4CCC(=O)NC4=O)cc3)CC2)c(C)cc1Nc1ncc(Br)c(Nc2ccc3nccnc3c2P(C)(C)=O)n1. The summed E-state index contributed by atoms with van der Waals surface area (Å²) in [7, 11) is -1.12. The zero-order valence-corrected chi connectivity index (χ0v) is 33.5. The number of carbonyl (C=O) groups is 2. The van der Waals surface area contributed by atoms with Crippen LogP contribution < -0.4 is 40.5 Å². The Hall–Kier alpha value is -5.31. The Balaban J connectivity index is 0.963.